The van der Waals surface area contributed by atoms with Gasteiger partial charge in [-0.25, -0.2) is 14.8 Å². The van der Waals surface area contributed by atoms with Crippen molar-refractivity contribution in [2.24, 2.45) is 0 Å². The molecule has 5 N–H and O–H groups in total. The van der Waals surface area contributed by atoms with Crippen LogP contribution in [0.2, 0.25) is 0 Å². The number of esters is 2. The molecule has 0 fully saturated rings. The van der Waals surface area contributed by atoms with Crippen molar-refractivity contribution in [1.82, 2.24) is 0 Å². The number of ether oxygens (including phenoxy) is 6. The van der Waals surface area contributed by atoms with Gasteiger partial charge < -0.3 is 34.2 Å². The summed E-state index contributed by atoms with van der Waals surface area (Å²) in [5, 5.41) is 9.14. The zero-order chi connectivity index (χ0) is 34.5. The first kappa shape index (κ1) is 36.0. The average Bonchev–Trinajstić information content (AvgIpc) is 3.07. The van der Waals surface area contributed by atoms with Gasteiger partial charge in [0.1, 0.15) is 45.6 Å². The van der Waals surface area contributed by atoms with Crippen LogP contribution < -0.4 is 39.6 Å². The summed E-state index contributed by atoms with van der Waals surface area (Å²) in [4.78, 5) is 26.2. The summed E-state index contributed by atoms with van der Waals surface area (Å²) >= 11 is 0. The number of methoxy groups -OCH3 is 3. The highest BCUT2D eigenvalue weighted by molar-refractivity contribution is 5.96. The molecule has 0 aliphatic carbocycles. The minimum absolute atomic E-state index is 0.0964. The Labute approximate surface area is 274 Å². The molecule has 0 bridgehead atoms. The van der Waals surface area contributed by atoms with Gasteiger partial charge in [0.2, 0.25) is 0 Å². The summed E-state index contributed by atoms with van der Waals surface area (Å²) in [5.41, 5.74) is 9.82. The van der Waals surface area contributed by atoms with Gasteiger partial charge in [-0.15, -0.1) is 0 Å². The summed E-state index contributed by atoms with van der Waals surface area (Å²) in [6.45, 7) is 7.66. The Bertz CT molecular complexity index is 1670. The lowest BCUT2D eigenvalue weighted by Crippen LogP contribution is -2.73. The highest BCUT2D eigenvalue weighted by Crippen LogP contribution is 2.37. The Morgan fingerprint density at radius 1 is 0.702 bits per heavy atom. The quantitative estimate of drug-likeness (QED) is 0.0526. The standard InChI is InChI=1S/C34H34N2O9.C2H6/c1-20(2)43-32-16-22(35)9-14-28(32)34(38)44-24-12-15-27(31(17-24)42-5)33(37)45-25-18-29(40-3)26(30(19-25)41-4)13-8-21-6-10-23(36-39)11-7-21;1-2/h6-20,36,39H,35H2,1-5H3;1-2H3/p+1/b13-8+;. The minimum Gasteiger partial charge on any atom is -0.496 e. The van der Waals surface area contributed by atoms with Crippen LogP contribution in [0, 0.1) is 0 Å². The maximum Gasteiger partial charge on any atom is 0.347 e. The van der Waals surface area contributed by atoms with E-state index in [0.717, 1.165) is 11.0 Å². The van der Waals surface area contributed by atoms with Crippen molar-refractivity contribution < 1.29 is 48.7 Å². The topological polar surface area (TPSA) is 152 Å². The molecule has 0 heterocycles. The van der Waals surface area contributed by atoms with Crippen LogP contribution in [0.1, 0.15) is 59.5 Å². The largest absolute Gasteiger partial charge is 0.496 e. The van der Waals surface area contributed by atoms with Crippen molar-refractivity contribution >= 4 is 35.5 Å². The molecule has 0 spiro atoms. The Hall–Kier alpha value is -5.52. The van der Waals surface area contributed by atoms with E-state index in [4.69, 9.17) is 39.4 Å². The molecule has 4 aromatic carbocycles. The number of hydrogen-bond donors (Lipinski definition) is 3. The number of nitrogen functional groups attached to an aromatic ring is 1. The third-order valence-electron chi connectivity index (χ3n) is 6.45. The first-order valence-electron chi connectivity index (χ1n) is 14.9. The molecule has 0 saturated carbocycles. The van der Waals surface area contributed by atoms with Gasteiger partial charge >= 0.3 is 11.9 Å². The van der Waals surface area contributed by atoms with Crippen LogP contribution in [0.25, 0.3) is 12.2 Å². The van der Waals surface area contributed by atoms with Gasteiger partial charge in [0, 0.05) is 42.1 Å². The summed E-state index contributed by atoms with van der Waals surface area (Å²) in [7, 11) is 4.37. The maximum absolute atomic E-state index is 13.2. The highest BCUT2D eigenvalue weighted by atomic mass is 16.5. The molecule has 11 nitrogen and oxygen atoms in total. The number of carbonyl (C=O) groups excluding carboxylic acids is 2. The van der Waals surface area contributed by atoms with Gasteiger partial charge in [0.25, 0.3) is 0 Å². The molecule has 0 saturated heterocycles. The molecule has 0 aliphatic heterocycles. The van der Waals surface area contributed by atoms with Crippen LogP contribution in [0.3, 0.4) is 0 Å². The van der Waals surface area contributed by atoms with Crippen molar-refractivity contribution in [3.63, 3.8) is 0 Å². The number of quaternary nitrogens is 1. The fourth-order valence-electron chi connectivity index (χ4n) is 4.30. The molecule has 0 unspecified atom stereocenters. The van der Waals surface area contributed by atoms with Crippen LogP contribution in [0.4, 0.5) is 11.4 Å². The number of rotatable bonds is 12. The van der Waals surface area contributed by atoms with Crippen LogP contribution in [0.5, 0.6) is 34.5 Å². The van der Waals surface area contributed by atoms with Crippen LogP contribution >= 0.6 is 0 Å². The van der Waals surface area contributed by atoms with Crippen LogP contribution in [-0.2, 0) is 0 Å². The van der Waals surface area contributed by atoms with Crippen molar-refractivity contribution in [2.75, 3.05) is 27.1 Å². The van der Waals surface area contributed by atoms with Crippen molar-refractivity contribution in [2.45, 2.75) is 33.8 Å². The molecule has 0 amide bonds. The predicted molar refractivity (Wildman–Crippen MR) is 179 cm³/mol. The Morgan fingerprint density at radius 3 is 1.79 bits per heavy atom. The van der Waals surface area contributed by atoms with Crippen molar-refractivity contribution in [3.05, 3.63) is 95.1 Å². The molecule has 248 valence electrons. The molecule has 0 aromatic heterocycles. The predicted octanol–water partition coefficient (Wildman–Crippen LogP) is 6.30. The lowest BCUT2D eigenvalue weighted by atomic mass is 10.1. The first-order chi connectivity index (χ1) is 22.6. The SMILES string of the molecule is CC.COc1cc(OC(=O)c2ccc(N)cc2OC(C)C)ccc1C(=O)Oc1cc(OC)c(/C=C/c2ccc([NH2+]O)cc2)c(OC)c1. The molecule has 4 rings (SSSR count). The normalized spacial score (nSPS) is 10.6. The summed E-state index contributed by atoms with van der Waals surface area (Å²) < 4.78 is 33.5. The molecule has 0 atom stereocenters. The molecule has 47 heavy (non-hydrogen) atoms. The minimum atomic E-state index is -0.718. The monoisotopic (exact) mass is 645 g/mol. The third-order valence-corrected chi connectivity index (χ3v) is 6.45. The zero-order valence-corrected chi connectivity index (χ0v) is 27.5. The van der Waals surface area contributed by atoms with E-state index in [1.54, 1.807) is 36.4 Å². The fourth-order valence-corrected chi connectivity index (χ4v) is 4.30. The lowest BCUT2D eigenvalue weighted by molar-refractivity contribution is -0.825. The Kier molecular flexibility index (Phi) is 13.2. The molecular formula is C36H41N2O9+. The van der Waals surface area contributed by atoms with Gasteiger partial charge in [-0.1, -0.05) is 19.9 Å². The van der Waals surface area contributed by atoms with Gasteiger partial charge in [-0.2, -0.15) is 5.48 Å². The van der Waals surface area contributed by atoms with Crippen LogP contribution in [-0.4, -0.2) is 44.6 Å². The van der Waals surface area contributed by atoms with E-state index in [0.29, 0.717) is 34.2 Å². The van der Waals surface area contributed by atoms with Gasteiger partial charge in [0.05, 0.1) is 33.0 Å². The maximum atomic E-state index is 13.2. The Balaban J connectivity index is 0.00000294. The van der Waals surface area contributed by atoms with Crippen LogP contribution in [0.15, 0.2) is 72.8 Å². The van der Waals surface area contributed by atoms with Gasteiger partial charge in [-0.3, -0.25) is 0 Å². The van der Waals surface area contributed by atoms with E-state index < -0.39 is 11.9 Å². The smallest absolute Gasteiger partial charge is 0.347 e. The second-order valence-electron chi connectivity index (χ2n) is 9.93. The van der Waals surface area contributed by atoms with Gasteiger partial charge in [-0.05, 0) is 61.9 Å². The molecular weight excluding hydrogens is 604 g/mol. The number of carbonyl (C=O) groups is 2. The van der Waals surface area contributed by atoms with E-state index in [1.807, 2.05) is 52.0 Å². The van der Waals surface area contributed by atoms with E-state index >= 15 is 0 Å². The van der Waals surface area contributed by atoms with E-state index in [1.165, 1.54) is 45.6 Å². The first-order valence-corrected chi connectivity index (χ1v) is 14.9. The number of hydrogen-bond acceptors (Lipinski definition) is 10. The number of nitrogens with two attached hydrogens (primary N) is 2. The molecule has 0 radical (unpaired) electrons. The summed E-state index contributed by atoms with van der Waals surface area (Å²) in [6, 6.07) is 19.3. The molecule has 0 aliphatic rings. The van der Waals surface area contributed by atoms with E-state index in [9.17, 15) is 9.59 Å². The van der Waals surface area contributed by atoms with Crippen molar-refractivity contribution in [1.29, 1.82) is 0 Å². The fraction of sp³-hybridized carbons (Fsp3) is 0.222. The Morgan fingerprint density at radius 2 is 1.23 bits per heavy atom. The average molecular weight is 646 g/mol. The zero-order valence-electron chi connectivity index (χ0n) is 27.5. The van der Waals surface area contributed by atoms with E-state index in [-0.39, 0.29) is 34.5 Å². The second kappa shape index (κ2) is 17.2. The highest BCUT2D eigenvalue weighted by Gasteiger charge is 2.21. The van der Waals surface area contributed by atoms with Gasteiger partial charge in [0.15, 0.2) is 5.69 Å². The third kappa shape index (κ3) is 9.49. The molecule has 4 aromatic rings. The number of anilines is 1. The van der Waals surface area contributed by atoms with Crippen molar-refractivity contribution in [3.8, 4) is 34.5 Å². The second-order valence-corrected chi connectivity index (χ2v) is 9.93. The summed E-state index contributed by atoms with van der Waals surface area (Å²) in [5.74, 6) is 0.171. The number of benzene rings is 4. The summed E-state index contributed by atoms with van der Waals surface area (Å²) in [6.07, 6.45) is 3.48. The van der Waals surface area contributed by atoms with E-state index in [2.05, 4.69) is 0 Å². The lowest BCUT2D eigenvalue weighted by Gasteiger charge is -2.15. The molecule has 11 heteroatoms.